The highest BCUT2D eigenvalue weighted by molar-refractivity contribution is 6.03. The van der Waals surface area contributed by atoms with Gasteiger partial charge in [-0.05, 0) is 91.6 Å². The molecule has 8 rings (SSSR count). The third kappa shape index (κ3) is 6.10. The van der Waals surface area contributed by atoms with Gasteiger partial charge in [0.1, 0.15) is 29.5 Å². The van der Waals surface area contributed by atoms with Gasteiger partial charge in [0.2, 0.25) is 0 Å². The number of amides is 3. The van der Waals surface area contributed by atoms with Gasteiger partial charge in [0, 0.05) is 57.1 Å². The number of rotatable bonds is 8. The summed E-state index contributed by atoms with van der Waals surface area (Å²) < 4.78 is 44.6. The van der Waals surface area contributed by atoms with Crippen molar-refractivity contribution in [2.45, 2.75) is 76.1 Å². The maximum Gasteiger partial charge on any atom is 0.411 e. The van der Waals surface area contributed by atoms with Crippen molar-refractivity contribution >= 4 is 39.6 Å². The highest BCUT2D eigenvalue weighted by atomic mass is 19.1. The van der Waals surface area contributed by atoms with E-state index in [9.17, 15) is 14.7 Å². The molecule has 5 heterocycles. The van der Waals surface area contributed by atoms with Crippen molar-refractivity contribution in [2.24, 2.45) is 0 Å². The zero-order chi connectivity index (χ0) is 37.1. The van der Waals surface area contributed by atoms with Crippen LogP contribution in [0, 0.1) is 11.6 Å². The summed E-state index contributed by atoms with van der Waals surface area (Å²) in [6.07, 6.45) is 4.37. The zero-order valence-electron chi connectivity index (χ0n) is 30.3. The molecule has 3 N–H and O–H groups in total. The van der Waals surface area contributed by atoms with Crippen LogP contribution in [0.2, 0.25) is 0 Å². The Morgan fingerprint density at radius 2 is 1.91 bits per heavy atom. The molecule has 12 nitrogen and oxygen atoms in total. The number of piperidine rings is 1. The summed E-state index contributed by atoms with van der Waals surface area (Å²) >= 11 is 0. The predicted octanol–water partition coefficient (Wildman–Crippen LogP) is 6.07. The van der Waals surface area contributed by atoms with Gasteiger partial charge in [-0.25, -0.2) is 18.4 Å². The smallest absolute Gasteiger partial charge is 0.411 e. The first-order valence-electron chi connectivity index (χ1n) is 18.6. The fourth-order valence-corrected chi connectivity index (χ4v) is 8.94. The number of benzene rings is 3. The number of urea groups is 1. The Kier molecular flexibility index (Phi) is 8.91. The Morgan fingerprint density at radius 1 is 1.08 bits per heavy atom. The fourth-order valence-electron chi connectivity index (χ4n) is 8.94. The van der Waals surface area contributed by atoms with Crippen LogP contribution in [0.25, 0.3) is 32.8 Å². The first kappa shape index (κ1) is 35.1. The number of anilines is 1. The quantitative estimate of drug-likeness (QED) is 0.198. The molecule has 0 bridgehead atoms. The van der Waals surface area contributed by atoms with Crippen molar-refractivity contribution < 1.29 is 33.0 Å². The molecule has 4 fully saturated rings. The summed E-state index contributed by atoms with van der Waals surface area (Å²) in [5.41, 5.74) is 0.0786. The highest BCUT2D eigenvalue weighted by Gasteiger charge is 2.51. The molecule has 280 valence electrons. The third-order valence-electron chi connectivity index (χ3n) is 11.8. The number of phenolic OH excluding ortho intramolecular Hbond substituents is 1. The van der Waals surface area contributed by atoms with Gasteiger partial charge in [0.25, 0.3) is 0 Å². The molecule has 3 amide bonds. The third-order valence-corrected chi connectivity index (χ3v) is 11.8. The standard InChI is InChI=1S/C39H45F2N7O5/c1-4-25-29(40)11-8-23-18-24(49)19-28(31(23)25)26-9-10-27-33(32(26)41)43-36(44-34(27)47-16-6-13-38(21-47)20-42-35(50)45-38)52-22-39-14-7-17-48(39)30(12-15-39)53-37(51)46(3)5-2/h8-11,18-19,30,49H,4-7,12-17,20-22H2,1-3H3,(H2,42,45,50)/t30-,38?,39+/m0/s1. The number of carbonyl (C=O) groups excluding carboxylic acids is 2. The van der Waals surface area contributed by atoms with Gasteiger partial charge < -0.3 is 35.0 Å². The number of ether oxygens (including phenoxy) is 2. The lowest BCUT2D eigenvalue weighted by molar-refractivity contribution is -0.0331. The topological polar surface area (TPSA) is 132 Å². The monoisotopic (exact) mass is 729 g/mol. The van der Waals surface area contributed by atoms with E-state index in [0.717, 1.165) is 38.6 Å². The van der Waals surface area contributed by atoms with E-state index < -0.39 is 22.7 Å². The van der Waals surface area contributed by atoms with Crippen LogP contribution in [0.15, 0.2) is 36.4 Å². The van der Waals surface area contributed by atoms with Crippen LogP contribution < -0.4 is 20.3 Å². The summed E-state index contributed by atoms with van der Waals surface area (Å²) in [7, 11) is 1.71. The van der Waals surface area contributed by atoms with E-state index >= 15 is 8.78 Å². The molecule has 0 radical (unpaired) electrons. The molecule has 0 aliphatic carbocycles. The van der Waals surface area contributed by atoms with Gasteiger partial charge >= 0.3 is 18.1 Å². The number of phenols is 1. The van der Waals surface area contributed by atoms with E-state index in [1.165, 1.54) is 17.0 Å². The van der Waals surface area contributed by atoms with E-state index in [1.807, 2.05) is 13.8 Å². The van der Waals surface area contributed by atoms with E-state index in [2.05, 4.69) is 25.4 Å². The second kappa shape index (κ2) is 13.5. The van der Waals surface area contributed by atoms with Crippen molar-refractivity contribution in [3.8, 4) is 22.9 Å². The number of nitrogens with zero attached hydrogens (tertiary/aromatic N) is 5. The number of aromatic hydroxyl groups is 1. The molecule has 1 aromatic heterocycles. The van der Waals surface area contributed by atoms with Gasteiger partial charge in [0.05, 0.1) is 11.1 Å². The number of carbonyl (C=O) groups is 2. The van der Waals surface area contributed by atoms with E-state index in [4.69, 9.17) is 14.5 Å². The predicted molar refractivity (Wildman–Crippen MR) is 196 cm³/mol. The second-order valence-corrected chi connectivity index (χ2v) is 14.9. The lowest BCUT2D eigenvalue weighted by Crippen LogP contribution is -2.56. The van der Waals surface area contributed by atoms with Crippen molar-refractivity contribution in [1.82, 2.24) is 30.4 Å². The lowest BCUT2D eigenvalue weighted by Gasteiger charge is -2.40. The summed E-state index contributed by atoms with van der Waals surface area (Å²) in [5, 5.41) is 18.3. The zero-order valence-corrected chi connectivity index (χ0v) is 30.3. The SMILES string of the molecule is CCc1c(F)ccc2cc(O)cc(-c3ccc4c(N5CCCC6(CNC(=O)N6)C5)nc(OC[C@]56CCCN5[C@@H](OC(=O)N(C)CC)CC6)nc4c3F)c12. The molecular weight excluding hydrogens is 684 g/mol. The molecule has 4 saturated heterocycles. The van der Waals surface area contributed by atoms with Gasteiger partial charge in [0.15, 0.2) is 12.0 Å². The molecule has 4 aliphatic rings. The Labute approximate surface area is 306 Å². The summed E-state index contributed by atoms with van der Waals surface area (Å²) in [6.45, 7) is 6.79. The molecule has 14 heteroatoms. The van der Waals surface area contributed by atoms with Crippen molar-refractivity contribution in [3.05, 3.63) is 53.6 Å². The Balaban J connectivity index is 1.20. The number of halogens is 2. The number of aromatic nitrogens is 2. The van der Waals surface area contributed by atoms with E-state index in [-0.39, 0.29) is 47.8 Å². The molecule has 4 aromatic rings. The van der Waals surface area contributed by atoms with Crippen molar-refractivity contribution in [3.63, 3.8) is 0 Å². The maximum atomic E-state index is 17.2. The Hall–Kier alpha value is -4.98. The first-order chi connectivity index (χ1) is 25.5. The average molecular weight is 730 g/mol. The number of aryl methyl sites for hydroxylation is 1. The van der Waals surface area contributed by atoms with Gasteiger partial charge in [-0.15, -0.1) is 0 Å². The summed E-state index contributed by atoms with van der Waals surface area (Å²) in [4.78, 5) is 40.3. The van der Waals surface area contributed by atoms with Crippen LogP contribution in [0.1, 0.15) is 57.9 Å². The van der Waals surface area contributed by atoms with Gasteiger partial charge in [-0.2, -0.15) is 9.97 Å². The highest BCUT2D eigenvalue weighted by Crippen LogP contribution is 2.44. The number of hydrogen-bond donors (Lipinski definition) is 3. The molecule has 4 aliphatic heterocycles. The largest absolute Gasteiger partial charge is 0.508 e. The van der Waals surface area contributed by atoms with E-state index in [0.29, 0.717) is 72.1 Å². The normalized spacial score (nSPS) is 24.1. The van der Waals surface area contributed by atoms with E-state index in [1.54, 1.807) is 31.3 Å². The number of fused-ring (bicyclic) bond motifs is 3. The molecule has 1 spiro atoms. The lowest BCUT2D eigenvalue weighted by atomic mass is 9.89. The number of hydrogen-bond acceptors (Lipinski definition) is 9. The fraction of sp³-hybridized carbons (Fsp3) is 0.487. The Morgan fingerprint density at radius 3 is 2.68 bits per heavy atom. The molecular formula is C39H45F2N7O5. The minimum absolute atomic E-state index is 0.00482. The average Bonchev–Trinajstić information content (AvgIpc) is 3.84. The van der Waals surface area contributed by atoms with Crippen molar-refractivity contribution in [2.75, 3.05) is 51.3 Å². The van der Waals surface area contributed by atoms with Crippen LogP contribution in [0.4, 0.5) is 24.2 Å². The molecule has 1 unspecified atom stereocenters. The molecule has 0 saturated carbocycles. The minimum atomic E-state index is -0.648. The molecule has 3 aromatic carbocycles. The van der Waals surface area contributed by atoms with Crippen LogP contribution in [0.3, 0.4) is 0 Å². The van der Waals surface area contributed by atoms with Crippen LogP contribution in [-0.2, 0) is 11.2 Å². The van der Waals surface area contributed by atoms with Crippen LogP contribution in [-0.4, -0.2) is 101 Å². The van der Waals surface area contributed by atoms with Crippen LogP contribution in [0.5, 0.6) is 11.8 Å². The van der Waals surface area contributed by atoms with Gasteiger partial charge in [-0.1, -0.05) is 19.1 Å². The second-order valence-electron chi connectivity index (χ2n) is 14.9. The number of nitrogens with one attached hydrogen (secondary N) is 2. The molecule has 3 atom stereocenters. The van der Waals surface area contributed by atoms with Crippen molar-refractivity contribution in [1.29, 1.82) is 0 Å². The molecule has 53 heavy (non-hydrogen) atoms. The maximum absolute atomic E-state index is 17.2. The Bertz CT molecular complexity index is 2120. The summed E-state index contributed by atoms with van der Waals surface area (Å²) in [6, 6.07) is 9.15. The summed E-state index contributed by atoms with van der Waals surface area (Å²) in [5.74, 6) is -0.632. The van der Waals surface area contributed by atoms with Gasteiger partial charge in [-0.3, -0.25) is 4.90 Å². The minimum Gasteiger partial charge on any atom is -0.508 e. The first-order valence-corrected chi connectivity index (χ1v) is 18.6. The van der Waals surface area contributed by atoms with Crippen LogP contribution >= 0.6 is 0 Å².